The van der Waals surface area contributed by atoms with E-state index in [-0.39, 0.29) is 25.7 Å². The maximum absolute atomic E-state index is 13.1. The largest absolute Gasteiger partial charge is 0.472 e. The third kappa shape index (κ3) is 78.0. The van der Waals surface area contributed by atoms with Crippen LogP contribution in [0.3, 0.4) is 0 Å². The predicted octanol–water partition coefficient (Wildman–Crippen LogP) is 25.7. The lowest BCUT2D eigenvalue weighted by Gasteiger charge is -2.21. The molecule has 19 heteroatoms. The Kier molecular flexibility index (Phi) is 76.7. The van der Waals surface area contributed by atoms with Crippen LogP contribution in [0.5, 0.6) is 0 Å². The molecule has 0 aliphatic carbocycles. The molecule has 0 spiro atoms. The first-order valence-corrected chi connectivity index (χ1v) is 46.8. The van der Waals surface area contributed by atoms with Crippen LogP contribution in [0.15, 0.2) is 0 Å². The predicted molar refractivity (Wildman–Crippen MR) is 423 cm³/mol. The number of carbonyl (C=O) groups excluding carboxylic acids is 4. The van der Waals surface area contributed by atoms with Gasteiger partial charge >= 0.3 is 39.5 Å². The zero-order valence-corrected chi connectivity index (χ0v) is 69.1. The van der Waals surface area contributed by atoms with Crippen LogP contribution in [-0.4, -0.2) is 96.7 Å². The van der Waals surface area contributed by atoms with E-state index < -0.39 is 97.5 Å². The molecule has 612 valence electrons. The van der Waals surface area contributed by atoms with E-state index in [1.165, 1.54) is 289 Å². The average molecular weight is 1510 g/mol. The molecule has 0 rings (SSSR count). The van der Waals surface area contributed by atoms with Crippen LogP contribution in [0.2, 0.25) is 0 Å². The third-order valence-corrected chi connectivity index (χ3v) is 21.8. The lowest BCUT2D eigenvalue weighted by Crippen LogP contribution is -2.30. The summed E-state index contributed by atoms with van der Waals surface area (Å²) in [5.41, 5.74) is 0. The van der Waals surface area contributed by atoms with Crippen molar-refractivity contribution in [1.29, 1.82) is 0 Å². The number of phosphoric acid groups is 2. The molecule has 103 heavy (non-hydrogen) atoms. The molecule has 0 saturated carbocycles. The number of hydrogen-bond donors (Lipinski definition) is 3. The topological polar surface area (TPSA) is 237 Å². The van der Waals surface area contributed by atoms with Gasteiger partial charge in [0.2, 0.25) is 0 Å². The molecule has 0 amide bonds. The molecule has 0 aromatic carbocycles. The van der Waals surface area contributed by atoms with E-state index in [2.05, 4.69) is 27.7 Å². The summed E-state index contributed by atoms with van der Waals surface area (Å²) >= 11 is 0. The summed E-state index contributed by atoms with van der Waals surface area (Å²) < 4.78 is 68.8. The van der Waals surface area contributed by atoms with Gasteiger partial charge in [-0.2, -0.15) is 0 Å². The lowest BCUT2D eigenvalue weighted by molar-refractivity contribution is -0.161. The minimum absolute atomic E-state index is 0.108. The smallest absolute Gasteiger partial charge is 0.462 e. The van der Waals surface area contributed by atoms with Gasteiger partial charge in [0.15, 0.2) is 12.2 Å². The molecule has 17 nitrogen and oxygen atoms in total. The first-order chi connectivity index (χ1) is 50.2. The van der Waals surface area contributed by atoms with Crippen molar-refractivity contribution < 1.29 is 80.2 Å². The second-order valence-corrected chi connectivity index (χ2v) is 33.1. The molecular weight excluding hydrogens is 1340 g/mol. The molecule has 0 saturated heterocycles. The highest BCUT2D eigenvalue weighted by atomic mass is 31.2. The van der Waals surface area contributed by atoms with Gasteiger partial charge in [0.1, 0.15) is 19.3 Å². The van der Waals surface area contributed by atoms with Crippen molar-refractivity contribution in [3.05, 3.63) is 0 Å². The zero-order valence-electron chi connectivity index (χ0n) is 67.3. The van der Waals surface area contributed by atoms with Crippen LogP contribution in [-0.2, 0) is 65.4 Å². The van der Waals surface area contributed by atoms with Gasteiger partial charge in [0.25, 0.3) is 0 Å². The molecule has 3 N–H and O–H groups in total. The molecule has 0 aromatic heterocycles. The van der Waals surface area contributed by atoms with E-state index >= 15 is 0 Å². The molecule has 5 atom stereocenters. The van der Waals surface area contributed by atoms with Gasteiger partial charge in [-0.15, -0.1) is 0 Å². The second-order valence-electron chi connectivity index (χ2n) is 30.2. The van der Waals surface area contributed by atoms with Gasteiger partial charge in [0.05, 0.1) is 26.4 Å². The highest BCUT2D eigenvalue weighted by molar-refractivity contribution is 7.47. The Labute approximate surface area is 632 Å². The number of ether oxygens (including phenoxy) is 4. The third-order valence-electron chi connectivity index (χ3n) is 19.9. The fourth-order valence-electron chi connectivity index (χ4n) is 13.2. The molecule has 0 bridgehead atoms. The van der Waals surface area contributed by atoms with Crippen molar-refractivity contribution in [2.45, 2.75) is 476 Å². The molecule has 0 radical (unpaired) electrons. The Bertz CT molecular complexity index is 1950. The van der Waals surface area contributed by atoms with Crippen LogP contribution < -0.4 is 0 Å². The monoisotopic (exact) mass is 1510 g/mol. The van der Waals surface area contributed by atoms with Gasteiger partial charge in [-0.3, -0.25) is 37.3 Å². The number of unbranched alkanes of at least 4 members (excludes halogenated alkanes) is 59. The Morgan fingerprint density at radius 1 is 0.233 bits per heavy atom. The zero-order chi connectivity index (χ0) is 75.3. The van der Waals surface area contributed by atoms with E-state index in [0.717, 1.165) is 89.9 Å². The molecule has 0 aliphatic rings. The number of phosphoric ester groups is 2. The summed E-state index contributed by atoms with van der Waals surface area (Å²) in [4.78, 5) is 73.1. The Balaban J connectivity index is 5.19. The van der Waals surface area contributed by atoms with Gasteiger partial charge in [0, 0.05) is 25.7 Å². The second kappa shape index (κ2) is 78.2. The summed E-state index contributed by atoms with van der Waals surface area (Å²) in [6.45, 7) is 5.03. The Morgan fingerprint density at radius 2 is 0.388 bits per heavy atom. The molecule has 0 aliphatic heterocycles. The van der Waals surface area contributed by atoms with E-state index in [0.29, 0.717) is 25.7 Å². The van der Waals surface area contributed by atoms with Crippen molar-refractivity contribution in [3.8, 4) is 0 Å². The number of rotatable bonds is 85. The summed E-state index contributed by atoms with van der Waals surface area (Å²) in [7, 11) is -9.92. The van der Waals surface area contributed by atoms with Gasteiger partial charge in [-0.05, 0) is 25.7 Å². The maximum Gasteiger partial charge on any atom is 0.472 e. The quantitative estimate of drug-likeness (QED) is 0.0222. The van der Waals surface area contributed by atoms with Crippen LogP contribution in [0.4, 0.5) is 0 Å². The summed E-state index contributed by atoms with van der Waals surface area (Å²) in [5, 5.41) is 10.7. The molecule has 2 unspecified atom stereocenters. The van der Waals surface area contributed by atoms with Gasteiger partial charge < -0.3 is 33.8 Å². The number of aliphatic hydroxyl groups excluding tert-OH is 1. The first kappa shape index (κ1) is 101. The van der Waals surface area contributed by atoms with E-state index in [4.69, 9.17) is 37.0 Å². The van der Waals surface area contributed by atoms with Crippen molar-refractivity contribution in [1.82, 2.24) is 0 Å². The highest BCUT2D eigenvalue weighted by Crippen LogP contribution is 2.45. The Morgan fingerprint density at radius 3 is 0.573 bits per heavy atom. The fourth-order valence-corrected chi connectivity index (χ4v) is 14.7. The van der Waals surface area contributed by atoms with Crippen LogP contribution in [0.25, 0.3) is 0 Å². The van der Waals surface area contributed by atoms with Crippen LogP contribution in [0.1, 0.15) is 458 Å². The number of esters is 4. The minimum atomic E-state index is -4.96. The summed E-state index contributed by atoms with van der Waals surface area (Å²) in [5.74, 6) is -2.10. The van der Waals surface area contributed by atoms with Crippen molar-refractivity contribution in [3.63, 3.8) is 0 Å². The average Bonchev–Trinajstić information content (AvgIpc) is 0.930. The molecular formula is C84H164O17P2. The normalized spacial score (nSPS) is 13.7. The summed E-state index contributed by atoms with van der Waals surface area (Å²) in [6, 6.07) is 0. The van der Waals surface area contributed by atoms with E-state index in [1.54, 1.807) is 0 Å². The van der Waals surface area contributed by atoms with Gasteiger partial charge in [-0.25, -0.2) is 9.13 Å². The van der Waals surface area contributed by atoms with Gasteiger partial charge in [-0.1, -0.05) is 407 Å². The number of aliphatic hydroxyl groups is 1. The van der Waals surface area contributed by atoms with E-state index in [1.807, 2.05) is 0 Å². The lowest BCUT2D eigenvalue weighted by atomic mass is 10.0. The fraction of sp³-hybridized carbons (Fsp3) is 0.952. The van der Waals surface area contributed by atoms with Crippen molar-refractivity contribution in [2.24, 2.45) is 0 Å². The van der Waals surface area contributed by atoms with Crippen molar-refractivity contribution in [2.75, 3.05) is 39.6 Å². The first-order valence-electron chi connectivity index (χ1n) is 43.8. The summed E-state index contributed by atoms with van der Waals surface area (Å²) in [6.07, 6.45) is 72.3. The van der Waals surface area contributed by atoms with E-state index in [9.17, 15) is 43.2 Å². The number of hydrogen-bond acceptors (Lipinski definition) is 15. The van der Waals surface area contributed by atoms with Crippen LogP contribution >= 0.6 is 15.6 Å². The molecule has 0 heterocycles. The van der Waals surface area contributed by atoms with Crippen LogP contribution in [0, 0.1) is 0 Å². The molecule has 0 aromatic rings. The standard InChI is InChI=1S/C84H164O17P2/c1-5-9-13-17-21-25-29-31-33-35-37-39-41-43-45-47-51-55-59-63-67-71-84(89)101-80(75-95-82(87)69-65-61-57-53-50-46-44-42-40-38-36-34-32-30-26-22-18-14-10-6-2)77-99-103(92,93)97-73-78(85)72-96-102(90,91)98-76-79(100-83(88)70-66-62-58-54-49-28-24-20-16-12-8-4)74-94-81(86)68-64-60-56-52-48-27-23-19-15-11-7-3/h78-80,85H,5-77H2,1-4H3,(H,90,91)(H,92,93)/t78-,79+,80+/m0/s1. The minimum Gasteiger partial charge on any atom is -0.462 e. The Hall–Kier alpha value is -1.94. The van der Waals surface area contributed by atoms with Crippen molar-refractivity contribution >= 4 is 39.5 Å². The SMILES string of the molecule is CCCCCCCCCCCCCCCCCCCCCCCC(=O)O[C@H](COC(=O)CCCCCCCCCCCCCCCCCCCCCC)COP(=O)(O)OC[C@@H](O)COP(=O)(O)OC[C@@H](COC(=O)CCCCCCCCCCCCC)OC(=O)CCCCCCCCCCCCC. The highest BCUT2D eigenvalue weighted by Gasteiger charge is 2.30. The maximum atomic E-state index is 13.1. The number of carbonyl (C=O) groups is 4. The molecule has 0 fully saturated rings.